The number of unbranched alkanes of at least 4 members (excludes halogenated alkanes) is 1. The summed E-state index contributed by atoms with van der Waals surface area (Å²) in [6.45, 7) is 5.59. The molecule has 6 atom stereocenters. The highest BCUT2D eigenvalue weighted by atomic mass is 16.4. The van der Waals surface area contributed by atoms with Gasteiger partial charge >= 0.3 is 5.97 Å². The van der Waals surface area contributed by atoms with E-state index in [2.05, 4.69) is 31.3 Å². The maximum atomic E-state index is 13.4. The highest BCUT2D eigenvalue weighted by Crippen LogP contribution is 2.09. The van der Waals surface area contributed by atoms with E-state index in [4.69, 9.17) is 34.4 Å². The number of carboxylic acid groups (broad SMARTS) is 1. The summed E-state index contributed by atoms with van der Waals surface area (Å²) in [4.78, 5) is 72.1. The number of nitrogens with two attached hydrogens (primary N) is 6. The zero-order chi connectivity index (χ0) is 36.1. The average Bonchev–Trinajstić information content (AvgIpc) is 2.97. The molecule has 0 aromatic heterocycles. The second kappa shape index (κ2) is 23.1. The number of nitrogens with one attached hydrogen (secondary N) is 4. The molecule has 19 heteroatoms. The van der Waals surface area contributed by atoms with Crippen LogP contribution in [0, 0.1) is 5.92 Å². The van der Waals surface area contributed by atoms with E-state index in [-0.39, 0.29) is 63.0 Å². The van der Waals surface area contributed by atoms with E-state index in [1.807, 2.05) is 0 Å². The molecule has 270 valence electrons. The van der Waals surface area contributed by atoms with Crippen LogP contribution in [0.2, 0.25) is 0 Å². The van der Waals surface area contributed by atoms with Gasteiger partial charge < -0.3 is 65.9 Å². The fourth-order valence-electron chi connectivity index (χ4n) is 4.35. The van der Waals surface area contributed by atoms with Crippen LogP contribution < -0.4 is 55.7 Å². The van der Waals surface area contributed by atoms with Gasteiger partial charge in [0.05, 0.1) is 12.1 Å². The Kier molecular flexibility index (Phi) is 21.1. The highest BCUT2D eigenvalue weighted by molar-refractivity contribution is 5.95. The van der Waals surface area contributed by atoms with Crippen LogP contribution in [0.5, 0.6) is 0 Å². The van der Waals surface area contributed by atoms with Crippen molar-refractivity contribution in [2.45, 2.75) is 108 Å². The van der Waals surface area contributed by atoms with Crippen LogP contribution >= 0.6 is 0 Å². The van der Waals surface area contributed by atoms with E-state index in [0.29, 0.717) is 25.8 Å². The Morgan fingerprint density at radius 3 is 1.62 bits per heavy atom. The predicted molar refractivity (Wildman–Crippen MR) is 177 cm³/mol. The van der Waals surface area contributed by atoms with Crippen molar-refractivity contribution in [3.8, 4) is 0 Å². The van der Waals surface area contributed by atoms with E-state index in [1.165, 1.54) is 6.92 Å². The monoisotopic (exact) mass is 672 g/mol. The molecule has 0 saturated heterocycles. The number of aliphatic carboxylic acids is 1. The molecular formula is C28H56N12O7. The minimum absolute atomic E-state index is 0.0134. The van der Waals surface area contributed by atoms with Crippen LogP contribution in [0.15, 0.2) is 9.98 Å². The number of carbonyl (C=O) groups excluding carboxylic acids is 4. The van der Waals surface area contributed by atoms with Gasteiger partial charge in [-0.3, -0.25) is 29.2 Å². The number of carbonyl (C=O) groups is 5. The standard InChI is InChI=1S/C28H56N12O7/c1-15(2)14-20(24(44)38-19(26(46)47)10-7-13-36-28(33)34)39-25(45)21(16(3)41)40-23(43)18(9-6-12-35-27(31)32)37-22(42)17(30)8-4-5-11-29/h15-21,41H,4-14,29-30H2,1-3H3,(H,37,42)(H,38,44)(H,39,45)(H,40,43)(H,46,47)(H4,31,32,35)(H4,33,34,36). The number of aliphatic hydroxyl groups excluding tert-OH is 1. The smallest absolute Gasteiger partial charge is 0.326 e. The Morgan fingerprint density at radius 2 is 1.15 bits per heavy atom. The summed E-state index contributed by atoms with van der Waals surface area (Å²) in [6, 6.07) is -6.13. The van der Waals surface area contributed by atoms with E-state index in [9.17, 15) is 34.2 Å². The fraction of sp³-hybridized carbons (Fsp3) is 0.750. The van der Waals surface area contributed by atoms with Crippen molar-refractivity contribution in [2.75, 3.05) is 19.6 Å². The van der Waals surface area contributed by atoms with Crippen LogP contribution in [0.25, 0.3) is 0 Å². The van der Waals surface area contributed by atoms with E-state index >= 15 is 0 Å². The van der Waals surface area contributed by atoms with E-state index in [1.54, 1.807) is 13.8 Å². The van der Waals surface area contributed by atoms with Gasteiger partial charge in [0, 0.05) is 13.1 Å². The number of hydrogen-bond donors (Lipinski definition) is 12. The third kappa shape index (κ3) is 19.1. The second-order valence-electron chi connectivity index (χ2n) is 11.7. The van der Waals surface area contributed by atoms with Crippen LogP contribution in [-0.4, -0.2) is 108 Å². The Bertz CT molecular complexity index is 1060. The third-order valence-corrected chi connectivity index (χ3v) is 6.85. The molecule has 47 heavy (non-hydrogen) atoms. The molecule has 18 N–H and O–H groups in total. The number of nitrogens with zero attached hydrogens (tertiary/aromatic N) is 2. The Hall–Kier alpha value is -4.23. The predicted octanol–water partition coefficient (Wildman–Crippen LogP) is -4.00. The van der Waals surface area contributed by atoms with Gasteiger partial charge in [0.15, 0.2) is 11.9 Å². The zero-order valence-electron chi connectivity index (χ0n) is 27.6. The molecule has 0 aromatic carbocycles. The quantitative estimate of drug-likeness (QED) is 0.0264. The van der Waals surface area contributed by atoms with Crippen molar-refractivity contribution in [1.82, 2.24) is 21.3 Å². The summed E-state index contributed by atoms with van der Waals surface area (Å²) in [7, 11) is 0. The number of hydrogen-bond acceptors (Lipinski definition) is 10. The van der Waals surface area contributed by atoms with Gasteiger partial charge in [-0.1, -0.05) is 20.3 Å². The number of guanidine groups is 2. The number of rotatable bonds is 24. The van der Waals surface area contributed by atoms with Crippen molar-refractivity contribution in [3.63, 3.8) is 0 Å². The van der Waals surface area contributed by atoms with E-state index in [0.717, 1.165) is 0 Å². The normalized spacial score (nSPS) is 14.8. The molecule has 0 radical (unpaired) electrons. The lowest BCUT2D eigenvalue weighted by Crippen LogP contribution is -2.61. The van der Waals surface area contributed by atoms with Crippen molar-refractivity contribution >= 4 is 41.5 Å². The Morgan fingerprint density at radius 1 is 0.660 bits per heavy atom. The largest absolute Gasteiger partial charge is 0.480 e. The third-order valence-electron chi connectivity index (χ3n) is 6.85. The average molecular weight is 673 g/mol. The number of amides is 4. The summed E-state index contributed by atoms with van der Waals surface area (Å²) in [5, 5.41) is 30.0. The molecule has 0 aliphatic carbocycles. The molecule has 19 nitrogen and oxygen atoms in total. The topological polar surface area (TPSA) is 355 Å². The second-order valence-corrected chi connectivity index (χ2v) is 11.7. The van der Waals surface area contributed by atoms with Gasteiger partial charge in [0.25, 0.3) is 0 Å². The first-order chi connectivity index (χ1) is 22.0. The minimum Gasteiger partial charge on any atom is -0.480 e. The molecule has 0 rings (SSSR count). The molecule has 0 bridgehead atoms. The molecule has 0 saturated carbocycles. The van der Waals surface area contributed by atoms with Gasteiger partial charge in [0.1, 0.15) is 24.2 Å². The van der Waals surface area contributed by atoms with Crippen molar-refractivity contribution < 1.29 is 34.2 Å². The zero-order valence-corrected chi connectivity index (χ0v) is 27.6. The van der Waals surface area contributed by atoms with E-state index < -0.39 is 65.9 Å². The number of aliphatic imine (C=N–C) groups is 2. The van der Waals surface area contributed by atoms with Crippen LogP contribution in [0.1, 0.15) is 72.1 Å². The summed E-state index contributed by atoms with van der Waals surface area (Å²) in [6.07, 6.45) is 0.905. The lowest BCUT2D eigenvalue weighted by Gasteiger charge is -2.28. The number of aliphatic hydroxyl groups is 1. The minimum atomic E-state index is -1.55. The first-order valence-corrected chi connectivity index (χ1v) is 15.7. The lowest BCUT2D eigenvalue weighted by molar-refractivity contribution is -0.142. The van der Waals surface area contributed by atoms with Crippen molar-refractivity contribution in [1.29, 1.82) is 0 Å². The molecule has 0 fully saturated rings. The van der Waals surface area contributed by atoms with Gasteiger partial charge in [-0.25, -0.2) is 4.79 Å². The SMILES string of the molecule is CC(C)CC(NC(=O)C(NC(=O)C(CCCN=C(N)N)NC(=O)C(N)CCCCN)C(C)O)C(=O)NC(CCCN=C(N)N)C(=O)O. The molecule has 6 unspecified atom stereocenters. The maximum absolute atomic E-state index is 13.4. The lowest BCUT2D eigenvalue weighted by atomic mass is 10.0. The van der Waals surface area contributed by atoms with Crippen molar-refractivity contribution in [3.05, 3.63) is 0 Å². The first-order valence-electron chi connectivity index (χ1n) is 15.7. The fourth-order valence-corrected chi connectivity index (χ4v) is 4.35. The molecule has 0 spiro atoms. The molecular weight excluding hydrogens is 616 g/mol. The first kappa shape index (κ1) is 42.8. The van der Waals surface area contributed by atoms with Gasteiger partial charge in [-0.05, 0) is 64.3 Å². The molecule has 4 amide bonds. The summed E-state index contributed by atoms with van der Waals surface area (Å²) >= 11 is 0. The van der Waals surface area contributed by atoms with Gasteiger partial charge in [-0.2, -0.15) is 0 Å². The highest BCUT2D eigenvalue weighted by Gasteiger charge is 2.34. The summed E-state index contributed by atoms with van der Waals surface area (Å²) < 4.78 is 0. The molecule has 0 aliphatic rings. The van der Waals surface area contributed by atoms with Crippen molar-refractivity contribution in [2.24, 2.45) is 50.3 Å². The molecule has 0 heterocycles. The van der Waals surface area contributed by atoms with Crippen LogP contribution in [0.4, 0.5) is 0 Å². The maximum Gasteiger partial charge on any atom is 0.326 e. The Labute approximate surface area is 275 Å². The number of carboxylic acids is 1. The summed E-state index contributed by atoms with van der Waals surface area (Å²) in [5.41, 5.74) is 32.8. The molecule has 0 aliphatic heterocycles. The van der Waals surface area contributed by atoms with Gasteiger partial charge in [0.2, 0.25) is 23.6 Å². The molecule has 0 aromatic rings. The van der Waals surface area contributed by atoms with Gasteiger partial charge in [-0.15, -0.1) is 0 Å². The van der Waals surface area contributed by atoms with Crippen LogP contribution in [-0.2, 0) is 24.0 Å². The Balaban J connectivity index is 5.82. The summed E-state index contributed by atoms with van der Waals surface area (Å²) in [5.74, 6) is -4.78. The van der Waals surface area contributed by atoms with Crippen LogP contribution in [0.3, 0.4) is 0 Å².